The van der Waals surface area contributed by atoms with Gasteiger partial charge in [0, 0.05) is 44.3 Å². The molecule has 1 N–H and O–H groups in total. The van der Waals surface area contributed by atoms with Gasteiger partial charge < -0.3 is 24.8 Å². The number of carbonyl (C=O) groups excluding carboxylic acids is 2. The van der Waals surface area contributed by atoms with Gasteiger partial charge in [-0.15, -0.1) is 0 Å². The lowest BCUT2D eigenvalue weighted by Crippen LogP contribution is -2.50. The summed E-state index contributed by atoms with van der Waals surface area (Å²) < 4.78 is 75.6. The topological polar surface area (TPSA) is 65.1 Å². The van der Waals surface area contributed by atoms with E-state index in [0.29, 0.717) is 43.9 Å². The molecule has 1 fully saturated rings. The molecule has 12 heteroatoms. The Labute approximate surface area is 235 Å². The Morgan fingerprint density at radius 2 is 1.80 bits per heavy atom. The Balaban J connectivity index is 1.73. The van der Waals surface area contributed by atoms with Crippen LogP contribution in [-0.4, -0.2) is 73.7 Å². The molecule has 222 valence electrons. The van der Waals surface area contributed by atoms with E-state index in [1.54, 1.807) is 19.9 Å². The van der Waals surface area contributed by atoms with Crippen LogP contribution in [0.2, 0.25) is 0 Å². The molecule has 2 aromatic carbocycles. The van der Waals surface area contributed by atoms with Crippen molar-refractivity contribution in [2.75, 3.05) is 50.0 Å². The van der Waals surface area contributed by atoms with Crippen molar-refractivity contribution in [2.24, 2.45) is 0 Å². The lowest BCUT2D eigenvalue weighted by Gasteiger charge is -2.40. The Morgan fingerprint density at radius 3 is 2.46 bits per heavy atom. The van der Waals surface area contributed by atoms with E-state index in [4.69, 9.17) is 4.74 Å². The largest absolute Gasteiger partial charge is 0.447 e. The van der Waals surface area contributed by atoms with Crippen LogP contribution in [-0.2, 0) is 10.9 Å². The molecule has 0 unspecified atom stereocenters. The molecule has 0 bridgehead atoms. The Hall–Kier alpha value is -3.67. The molecule has 2 heterocycles. The van der Waals surface area contributed by atoms with Crippen molar-refractivity contribution in [1.82, 2.24) is 9.80 Å². The van der Waals surface area contributed by atoms with Crippen LogP contribution in [0.1, 0.15) is 48.7 Å². The molecule has 41 heavy (non-hydrogen) atoms. The highest BCUT2D eigenvalue weighted by atomic mass is 19.4. The lowest BCUT2D eigenvalue weighted by molar-refractivity contribution is -0.138. The Kier molecular flexibility index (Phi) is 8.91. The fraction of sp³-hybridized carbons (Fsp3) is 0.448. The number of nitrogens with zero attached hydrogens (tertiary/aromatic N) is 3. The number of benzene rings is 2. The summed E-state index contributed by atoms with van der Waals surface area (Å²) >= 11 is 0. The van der Waals surface area contributed by atoms with Gasteiger partial charge in [0.2, 0.25) is 0 Å². The van der Waals surface area contributed by atoms with E-state index >= 15 is 4.39 Å². The van der Waals surface area contributed by atoms with Crippen molar-refractivity contribution < 1.29 is 36.3 Å². The van der Waals surface area contributed by atoms with Gasteiger partial charge in [-0.25, -0.2) is 13.6 Å². The molecule has 2 amide bonds. The molecule has 2 aliphatic rings. The maximum absolute atomic E-state index is 15.7. The van der Waals surface area contributed by atoms with E-state index in [2.05, 4.69) is 10.2 Å². The molecule has 1 saturated heterocycles. The number of amides is 2. The second-order valence-electron chi connectivity index (χ2n) is 10.6. The summed E-state index contributed by atoms with van der Waals surface area (Å²) in [5.74, 6) is -2.85. The monoisotopic (exact) mass is 580 g/mol. The van der Waals surface area contributed by atoms with Crippen LogP contribution in [0.4, 0.5) is 38.1 Å². The molecular weight excluding hydrogens is 547 g/mol. The fourth-order valence-corrected chi connectivity index (χ4v) is 4.95. The number of halogens is 5. The molecule has 2 aliphatic heterocycles. The van der Waals surface area contributed by atoms with Crippen LogP contribution >= 0.6 is 0 Å². The van der Waals surface area contributed by atoms with Gasteiger partial charge in [0.25, 0.3) is 5.91 Å². The first-order valence-electron chi connectivity index (χ1n) is 13.4. The summed E-state index contributed by atoms with van der Waals surface area (Å²) in [4.78, 5) is 31.1. The van der Waals surface area contributed by atoms with E-state index in [0.717, 1.165) is 12.1 Å². The van der Waals surface area contributed by atoms with E-state index in [1.165, 1.54) is 17.0 Å². The van der Waals surface area contributed by atoms with E-state index in [-0.39, 0.29) is 36.0 Å². The lowest BCUT2D eigenvalue weighted by atomic mass is 9.98. The molecule has 1 atom stereocenters. The second-order valence-corrected chi connectivity index (χ2v) is 10.6. The van der Waals surface area contributed by atoms with Gasteiger partial charge in [-0.3, -0.25) is 4.79 Å². The van der Waals surface area contributed by atoms with E-state index in [1.807, 2.05) is 18.9 Å². The van der Waals surface area contributed by atoms with E-state index in [9.17, 15) is 27.2 Å². The number of hydrogen-bond donors (Lipinski definition) is 1. The van der Waals surface area contributed by atoms with Gasteiger partial charge in [-0.05, 0) is 70.1 Å². The molecule has 0 aromatic heterocycles. The van der Waals surface area contributed by atoms with Crippen LogP contribution in [0, 0.1) is 11.6 Å². The molecule has 7 nitrogen and oxygen atoms in total. The zero-order chi connectivity index (χ0) is 30.1. The minimum Gasteiger partial charge on any atom is -0.447 e. The molecule has 0 spiro atoms. The molecule has 0 radical (unpaired) electrons. The highest BCUT2D eigenvalue weighted by Crippen LogP contribution is 2.37. The van der Waals surface area contributed by atoms with Crippen molar-refractivity contribution in [3.05, 3.63) is 64.7 Å². The minimum atomic E-state index is -4.97. The van der Waals surface area contributed by atoms with Crippen LogP contribution in [0.5, 0.6) is 0 Å². The average Bonchev–Trinajstić information content (AvgIpc) is 2.90. The molecule has 2 aromatic rings. The van der Waals surface area contributed by atoms with Crippen LogP contribution in [0.3, 0.4) is 0 Å². The summed E-state index contributed by atoms with van der Waals surface area (Å²) in [5.41, 5.74) is -1.20. The maximum Gasteiger partial charge on any atom is 0.417 e. The minimum absolute atomic E-state index is 0.0525. The number of rotatable bonds is 5. The van der Waals surface area contributed by atoms with Crippen LogP contribution in [0.15, 0.2) is 36.4 Å². The predicted molar refractivity (Wildman–Crippen MR) is 146 cm³/mol. The zero-order valence-corrected chi connectivity index (χ0v) is 23.3. The molecule has 0 aliphatic carbocycles. The quantitative estimate of drug-likeness (QED) is 0.439. The zero-order valence-electron chi connectivity index (χ0n) is 23.3. The first kappa shape index (κ1) is 30.3. The summed E-state index contributed by atoms with van der Waals surface area (Å²) in [6.45, 7) is 7.48. The normalized spacial score (nSPS) is 18.4. The van der Waals surface area contributed by atoms with Gasteiger partial charge in [-0.2, -0.15) is 13.2 Å². The number of anilines is 2. The first-order chi connectivity index (χ1) is 19.2. The summed E-state index contributed by atoms with van der Waals surface area (Å²) in [5, 5.41) is 2.53. The Bertz CT molecular complexity index is 1340. The number of piperazine rings is 1. The summed E-state index contributed by atoms with van der Waals surface area (Å²) in [7, 11) is 1.95. The molecular formula is C29H33F5N4O3. The van der Waals surface area contributed by atoms with Crippen LogP contribution in [0.25, 0.3) is 5.57 Å². The standard InChI is InChI=1S/C29H33F5N4O3/c1-17(2)41-28(40)38-9-5-6-19(16-38)22-13-25(26(14-24(22)31)37-11-10-36(4)18(3)15-37)35-27(39)21-8-7-20(30)12-23(21)29(32,33)34/h6-8,12-14,17-18H,5,9-11,15-16H2,1-4H3,(H,35,39)/t18-/m1/s1. The highest BCUT2D eigenvalue weighted by molar-refractivity contribution is 6.07. The molecule has 0 saturated carbocycles. The Morgan fingerprint density at radius 1 is 1.07 bits per heavy atom. The first-order valence-corrected chi connectivity index (χ1v) is 13.4. The van der Waals surface area contributed by atoms with Gasteiger partial charge >= 0.3 is 12.3 Å². The number of ether oxygens (including phenoxy) is 1. The smallest absolute Gasteiger partial charge is 0.417 e. The van der Waals surface area contributed by atoms with Crippen molar-refractivity contribution in [2.45, 2.75) is 45.5 Å². The number of alkyl halides is 3. The van der Waals surface area contributed by atoms with Gasteiger partial charge in [0.05, 0.1) is 28.6 Å². The maximum atomic E-state index is 15.7. The second kappa shape index (κ2) is 12.1. The third kappa shape index (κ3) is 6.98. The summed E-state index contributed by atoms with van der Waals surface area (Å²) in [6.07, 6.45) is -3.64. The van der Waals surface area contributed by atoms with Gasteiger partial charge in [-0.1, -0.05) is 6.08 Å². The highest BCUT2D eigenvalue weighted by Gasteiger charge is 2.36. The van der Waals surface area contributed by atoms with Crippen molar-refractivity contribution in [3.63, 3.8) is 0 Å². The molecule has 4 rings (SSSR count). The average molecular weight is 581 g/mol. The SMILES string of the molecule is CC(C)OC(=O)N1CCC=C(c2cc(NC(=O)c3ccc(F)cc3C(F)(F)F)c(N3CCN(C)[C@H](C)C3)cc2F)C1. The third-order valence-electron chi connectivity index (χ3n) is 7.26. The van der Waals surface area contributed by atoms with Crippen LogP contribution < -0.4 is 10.2 Å². The van der Waals surface area contributed by atoms with E-state index < -0.39 is 40.9 Å². The predicted octanol–water partition coefficient (Wildman–Crippen LogP) is 6.01. The van der Waals surface area contributed by atoms with Crippen molar-refractivity contribution in [3.8, 4) is 0 Å². The van der Waals surface area contributed by atoms with Gasteiger partial charge in [0.1, 0.15) is 11.6 Å². The number of hydrogen-bond acceptors (Lipinski definition) is 5. The third-order valence-corrected chi connectivity index (χ3v) is 7.26. The summed E-state index contributed by atoms with van der Waals surface area (Å²) in [6, 6.07) is 4.55. The fourth-order valence-electron chi connectivity index (χ4n) is 4.95. The van der Waals surface area contributed by atoms with Crippen molar-refractivity contribution in [1.29, 1.82) is 0 Å². The number of likely N-dealkylation sites (N-methyl/N-ethyl adjacent to an activating group) is 1. The number of carbonyl (C=O) groups is 2. The van der Waals surface area contributed by atoms with Crippen molar-refractivity contribution >= 4 is 28.9 Å². The number of nitrogens with one attached hydrogen (secondary N) is 1. The van der Waals surface area contributed by atoms with Gasteiger partial charge in [0.15, 0.2) is 0 Å².